The maximum absolute atomic E-state index is 12.4. The number of benzene rings is 1. The number of fused-ring (bicyclic) bond motifs is 1. The summed E-state index contributed by atoms with van der Waals surface area (Å²) >= 11 is 3.25. The van der Waals surface area contributed by atoms with Crippen molar-refractivity contribution in [1.29, 1.82) is 0 Å². The highest BCUT2D eigenvalue weighted by atomic mass is 79.9. The molecule has 0 aliphatic heterocycles. The average molecular weight is 352 g/mol. The predicted octanol–water partition coefficient (Wildman–Crippen LogP) is 2.57. The van der Waals surface area contributed by atoms with Crippen molar-refractivity contribution in [2.24, 2.45) is 0 Å². The standard InChI is InChI=1S/C13H10BrN3O2S/c14-13-7-6-12-11(16-13)8-15-17(12)20(18,19)9-10-4-2-1-3-5-10/h1-8H,9H2. The van der Waals surface area contributed by atoms with E-state index in [4.69, 9.17) is 0 Å². The molecule has 1 aromatic carbocycles. The Morgan fingerprint density at radius 3 is 2.60 bits per heavy atom. The second-order valence-corrected chi connectivity index (χ2v) is 6.88. The summed E-state index contributed by atoms with van der Waals surface area (Å²) in [5, 5.41) is 3.95. The summed E-state index contributed by atoms with van der Waals surface area (Å²) in [7, 11) is -3.56. The van der Waals surface area contributed by atoms with Crippen LogP contribution in [0.4, 0.5) is 0 Å². The van der Waals surface area contributed by atoms with E-state index in [9.17, 15) is 8.42 Å². The van der Waals surface area contributed by atoms with Crippen LogP contribution in [0.3, 0.4) is 0 Å². The Morgan fingerprint density at radius 1 is 1.10 bits per heavy atom. The van der Waals surface area contributed by atoms with Crippen LogP contribution in [0, 0.1) is 0 Å². The highest BCUT2D eigenvalue weighted by molar-refractivity contribution is 9.10. The molecule has 0 spiro atoms. The van der Waals surface area contributed by atoms with Crippen molar-refractivity contribution in [3.63, 3.8) is 0 Å². The highest BCUT2D eigenvalue weighted by Gasteiger charge is 2.18. The average Bonchev–Trinajstić information content (AvgIpc) is 2.83. The molecule has 102 valence electrons. The van der Waals surface area contributed by atoms with Crippen LogP contribution in [0.25, 0.3) is 11.0 Å². The van der Waals surface area contributed by atoms with E-state index in [-0.39, 0.29) is 5.75 Å². The van der Waals surface area contributed by atoms with Gasteiger partial charge in [0.05, 0.1) is 11.9 Å². The lowest BCUT2D eigenvalue weighted by molar-refractivity contribution is 0.581. The maximum atomic E-state index is 12.4. The van der Waals surface area contributed by atoms with Gasteiger partial charge in [0.15, 0.2) is 0 Å². The van der Waals surface area contributed by atoms with Crippen molar-refractivity contribution >= 4 is 37.0 Å². The van der Waals surface area contributed by atoms with Gasteiger partial charge in [-0.05, 0) is 33.6 Å². The molecule has 5 nitrogen and oxygen atoms in total. The number of rotatable bonds is 3. The van der Waals surface area contributed by atoms with Gasteiger partial charge in [-0.25, -0.2) is 13.4 Å². The molecule has 0 unspecified atom stereocenters. The van der Waals surface area contributed by atoms with Gasteiger partial charge in [-0.2, -0.15) is 9.19 Å². The summed E-state index contributed by atoms with van der Waals surface area (Å²) in [6.07, 6.45) is 1.45. The van der Waals surface area contributed by atoms with Crippen LogP contribution in [0.1, 0.15) is 5.56 Å². The Morgan fingerprint density at radius 2 is 1.85 bits per heavy atom. The minimum atomic E-state index is -3.56. The zero-order chi connectivity index (χ0) is 14.2. The van der Waals surface area contributed by atoms with Crippen molar-refractivity contribution in [3.05, 3.63) is 58.8 Å². The van der Waals surface area contributed by atoms with Gasteiger partial charge in [-0.1, -0.05) is 30.3 Å². The van der Waals surface area contributed by atoms with Crippen LogP contribution in [-0.2, 0) is 15.8 Å². The molecule has 7 heteroatoms. The fraction of sp³-hybridized carbons (Fsp3) is 0.0769. The van der Waals surface area contributed by atoms with E-state index in [1.807, 2.05) is 18.2 Å². The van der Waals surface area contributed by atoms with Crippen LogP contribution < -0.4 is 0 Å². The molecule has 0 saturated heterocycles. The highest BCUT2D eigenvalue weighted by Crippen LogP contribution is 2.18. The molecule has 3 rings (SSSR count). The van der Waals surface area contributed by atoms with E-state index in [2.05, 4.69) is 26.0 Å². The van der Waals surface area contributed by atoms with Gasteiger partial charge < -0.3 is 0 Å². The lowest BCUT2D eigenvalue weighted by atomic mass is 10.2. The Hall–Kier alpha value is -1.73. The quantitative estimate of drug-likeness (QED) is 0.680. The second-order valence-electron chi connectivity index (χ2n) is 4.27. The van der Waals surface area contributed by atoms with Gasteiger partial charge in [0, 0.05) is 0 Å². The summed E-state index contributed by atoms with van der Waals surface area (Å²) in [5.41, 5.74) is 1.74. The van der Waals surface area contributed by atoms with E-state index in [0.29, 0.717) is 15.6 Å². The first kappa shape index (κ1) is 13.3. The van der Waals surface area contributed by atoms with Gasteiger partial charge >= 0.3 is 0 Å². The van der Waals surface area contributed by atoms with Gasteiger partial charge in [-0.15, -0.1) is 0 Å². The molecule has 3 aromatic rings. The summed E-state index contributed by atoms with van der Waals surface area (Å²) in [5.74, 6) is -0.0965. The molecule has 0 atom stereocenters. The zero-order valence-corrected chi connectivity index (χ0v) is 12.7. The Labute approximate surface area is 124 Å². The third-order valence-corrected chi connectivity index (χ3v) is 4.77. The largest absolute Gasteiger partial charge is 0.258 e. The third-order valence-electron chi connectivity index (χ3n) is 2.81. The van der Waals surface area contributed by atoms with Crippen molar-refractivity contribution in [2.75, 3.05) is 0 Å². The summed E-state index contributed by atoms with van der Waals surface area (Å²) in [6.45, 7) is 0. The number of hydrogen-bond donors (Lipinski definition) is 0. The maximum Gasteiger partial charge on any atom is 0.258 e. The van der Waals surface area contributed by atoms with Crippen molar-refractivity contribution in [2.45, 2.75) is 5.75 Å². The van der Waals surface area contributed by atoms with Crippen LogP contribution >= 0.6 is 15.9 Å². The molecule has 0 bridgehead atoms. The molecule has 20 heavy (non-hydrogen) atoms. The molecule has 2 heterocycles. The molecular formula is C13H10BrN3O2S. The van der Waals surface area contributed by atoms with Gasteiger partial charge in [0.1, 0.15) is 15.6 Å². The number of nitrogens with zero attached hydrogens (tertiary/aromatic N) is 3. The molecular weight excluding hydrogens is 342 g/mol. The lowest BCUT2D eigenvalue weighted by Crippen LogP contribution is -2.16. The molecule has 0 fully saturated rings. The zero-order valence-electron chi connectivity index (χ0n) is 10.3. The minimum absolute atomic E-state index is 0.0965. The molecule has 0 aliphatic carbocycles. The van der Waals surface area contributed by atoms with Crippen LogP contribution in [-0.4, -0.2) is 22.6 Å². The van der Waals surface area contributed by atoms with E-state index < -0.39 is 10.0 Å². The van der Waals surface area contributed by atoms with Crippen molar-refractivity contribution in [1.82, 2.24) is 14.2 Å². The number of hydrogen-bond acceptors (Lipinski definition) is 4. The van der Waals surface area contributed by atoms with E-state index in [1.54, 1.807) is 24.3 Å². The summed E-state index contributed by atoms with van der Waals surface area (Å²) < 4.78 is 26.5. The Bertz CT molecular complexity index is 860. The third kappa shape index (κ3) is 2.46. The van der Waals surface area contributed by atoms with Crippen molar-refractivity contribution in [3.8, 4) is 0 Å². The van der Waals surface area contributed by atoms with Crippen LogP contribution in [0.5, 0.6) is 0 Å². The van der Waals surface area contributed by atoms with E-state index in [1.165, 1.54) is 6.20 Å². The smallest absolute Gasteiger partial charge is 0.238 e. The van der Waals surface area contributed by atoms with E-state index >= 15 is 0 Å². The molecule has 0 aliphatic rings. The fourth-order valence-electron chi connectivity index (χ4n) is 1.94. The molecule has 0 saturated carbocycles. The molecule has 0 radical (unpaired) electrons. The number of halogens is 1. The Kier molecular flexibility index (Phi) is 3.31. The van der Waals surface area contributed by atoms with Crippen LogP contribution in [0.15, 0.2) is 53.3 Å². The lowest BCUT2D eigenvalue weighted by Gasteiger charge is -2.05. The fourth-order valence-corrected chi connectivity index (χ4v) is 3.64. The van der Waals surface area contributed by atoms with Gasteiger partial charge in [0.2, 0.25) is 0 Å². The second kappa shape index (κ2) is 4.99. The first-order chi connectivity index (χ1) is 9.56. The first-order valence-electron chi connectivity index (χ1n) is 5.84. The Balaban J connectivity index is 2.06. The monoisotopic (exact) mass is 351 g/mol. The number of pyridine rings is 1. The summed E-state index contributed by atoms with van der Waals surface area (Å²) in [4.78, 5) is 4.19. The van der Waals surface area contributed by atoms with Gasteiger partial charge in [0.25, 0.3) is 10.0 Å². The molecule has 0 amide bonds. The van der Waals surface area contributed by atoms with E-state index in [0.717, 1.165) is 9.65 Å². The summed E-state index contributed by atoms with van der Waals surface area (Å²) in [6, 6.07) is 12.4. The number of aromatic nitrogens is 3. The normalized spacial score (nSPS) is 11.8. The molecule has 2 aromatic heterocycles. The van der Waals surface area contributed by atoms with Crippen molar-refractivity contribution < 1.29 is 8.42 Å². The SMILES string of the molecule is O=S(=O)(Cc1ccccc1)n1ncc2nc(Br)ccc21. The predicted molar refractivity (Wildman–Crippen MR) is 79.7 cm³/mol. The minimum Gasteiger partial charge on any atom is -0.238 e. The topological polar surface area (TPSA) is 64.8 Å². The van der Waals surface area contributed by atoms with Gasteiger partial charge in [-0.3, -0.25) is 0 Å². The van der Waals surface area contributed by atoms with Crippen LogP contribution in [0.2, 0.25) is 0 Å². The molecule has 0 N–H and O–H groups in total. The first-order valence-corrected chi connectivity index (χ1v) is 8.24.